The number of alkyl halides is 3. The van der Waals surface area contributed by atoms with Crippen molar-refractivity contribution in [2.75, 3.05) is 10.6 Å². The van der Waals surface area contributed by atoms with Crippen molar-refractivity contribution in [3.05, 3.63) is 76.4 Å². The maximum Gasteiger partial charge on any atom is 0.410 e. The molecule has 9 heteroatoms. The van der Waals surface area contributed by atoms with Gasteiger partial charge in [0.25, 0.3) is 5.91 Å². The van der Waals surface area contributed by atoms with E-state index in [1.54, 1.807) is 36.4 Å². The number of fused-ring (bicyclic) bond motifs is 1. The smallest absolute Gasteiger partial charge is 0.363 e. The molecule has 156 valence electrons. The van der Waals surface area contributed by atoms with Crippen molar-refractivity contribution in [3.8, 4) is 0 Å². The van der Waals surface area contributed by atoms with E-state index in [1.165, 1.54) is 0 Å². The molecule has 5 nitrogen and oxygen atoms in total. The van der Waals surface area contributed by atoms with Crippen LogP contribution in [0.3, 0.4) is 0 Å². The fourth-order valence-electron chi connectivity index (χ4n) is 3.51. The predicted octanol–water partition coefficient (Wildman–Crippen LogP) is 5.76. The number of nitrogens with one attached hydrogen (secondary N) is 2. The average Bonchev–Trinajstić information content (AvgIpc) is 3.11. The molecule has 1 aliphatic heterocycles. The van der Waals surface area contributed by atoms with Crippen molar-refractivity contribution in [3.63, 3.8) is 0 Å². The molecular formula is C21H18ClF3N4O. The Balaban J connectivity index is 1.69. The highest BCUT2D eigenvalue weighted by atomic mass is 35.5. The first-order chi connectivity index (χ1) is 14.2. The van der Waals surface area contributed by atoms with Crippen LogP contribution in [-0.2, 0) is 0 Å². The van der Waals surface area contributed by atoms with Gasteiger partial charge in [0.05, 0.1) is 12.2 Å². The van der Waals surface area contributed by atoms with E-state index in [4.69, 9.17) is 11.6 Å². The lowest BCUT2D eigenvalue weighted by molar-refractivity contribution is -0.173. The second kappa shape index (κ2) is 7.68. The number of carbonyl (C=O) groups is 1. The van der Waals surface area contributed by atoms with E-state index in [1.807, 2.05) is 19.1 Å². The Kier molecular flexibility index (Phi) is 5.19. The molecule has 0 spiro atoms. The second-order valence-corrected chi connectivity index (χ2v) is 7.65. The summed E-state index contributed by atoms with van der Waals surface area (Å²) in [6, 6.07) is 11.3. The van der Waals surface area contributed by atoms with Gasteiger partial charge in [-0.1, -0.05) is 47.5 Å². The summed E-state index contributed by atoms with van der Waals surface area (Å²) in [6.45, 7) is 1.91. The molecule has 0 saturated heterocycles. The number of benzene rings is 2. The zero-order valence-electron chi connectivity index (χ0n) is 15.9. The van der Waals surface area contributed by atoms with Crippen LogP contribution in [-0.4, -0.2) is 21.9 Å². The Hall–Kier alpha value is -3.00. The number of rotatable bonds is 3. The lowest BCUT2D eigenvalue weighted by Crippen LogP contribution is -2.36. The normalized spacial score (nSPS) is 18.4. The van der Waals surface area contributed by atoms with E-state index in [-0.39, 0.29) is 17.8 Å². The van der Waals surface area contributed by atoms with Crippen LogP contribution >= 0.6 is 11.6 Å². The first kappa shape index (κ1) is 20.3. The van der Waals surface area contributed by atoms with Gasteiger partial charge in [-0.05, 0) is 30.7 Å². The predicted molar refractivity (Wildman–Crippen MR) is 109 cm³/mol. The van der Waals surface area contributed by atoms with E-state index in [2.05, 4.69) is 15.7 Å². The summed E-state index contributed by atoms with van der Waals surface area (Å²) in [5.74, 6) is -0.537. The van der Waals surface area contributed by atoms with Gasteiger partial charge in [-0.15, -0.1) is 0 Å². The van der Waals surface area contributed by atoms with Crippen molar-refractivity contribution >= 4 is 29.0 Å². The Morgan fingerprint density at radius 3 is 2.63 bits per heavy atom. The number of hydrogen-bond donors (Lipinski definition) is 2. The molecule has 0 aliphatic carbocycles. The highest BCUT2D eigenvalue weighted by molar-refractivity contribution is 6.31. The maximum atomic E-state index is 13.8. The van der Waals surface area contributed by atoms with E-state index in [0.29, 0.717) is 16.3 Å². The minimum atomic E-state index is -4.51. The Labute approximate surface area is 175 Å². The van der Waals surface area contributed by atoms with Gasteiger partial charge in [-0.2, -0.15) is 18.3 Å². The quantitative estimate of drug-likeness (QED) is 0.551. The van der Waals surface area contributed by atoms with Crippen LogP contribution in [0.4, 0.5) is 24.7 Å². The maximum absolute atomic E-state index is 13.8. The summed E-state index contributed by atoms with van der Waals surface area (Å²) in [5.41, 5.74) is 2.18. The van der Waals surface area contributed by atoms with Crippen LogP contribution in [0.1, 0.15) is 40.0 Å². The van der Waals surface area contributed by atoms with Crippen LogP contribution in [0.25, 0.3) is 0 Å². The van der Waals surface area contributed by atoms with Crippen molar-refractivity contribution in [2.45, 2.75) is 31.6 Å². The molecule has 1 aromatic heterocycles. The minimum absolute atomic E-state index is 0.0287. The monoisotopic (exact) mass is 434 g/mol. The Bertz CT molecular complexity index is 1080. The van der Waals surface area contributed by atoms with Gasteiger partial charge in [-0.3, -0.25) is 4.79 Å². The molecule has 30 heavy (non-hydrogen) atoms. The topological polar surface area (TPSA) is 59.0 Å². The highest BCUT2D eigenvalue weighted by Crippen LogP contribution is 2.44. The number of carbonyl (C=O) groups excluding carboxylic acids is 1. The summed E-state index contributed by atoms with van der Waals surface area (Å²) in [4.78, 5) is 12.8. The van der Waals surface area contributed by atoms with Gasteiger partial charge in [0.15, 0.2) is 6.04 Å². The molecule has 0 bridgehead atoms. The first-order valence-corrected chi connectivity index (χ1v) is 9.64. The van der Waals surface area contributed by atoms with Crippen LogP contribution in [0.15, 0.2) is 54.7 Å². The third kappa shape index (κ3) is 4.00. The Morgan fingerprint density at radius 1 is 1.23 bits per heavy atom. The van der Waals surface area contributed by atoms with E-state index in [9.17, 15) is 18.0 Å². The molecule has 2 atom stereocenters. The summed E-state index contributed by atoms with van der Waals surface area (Å²) in [5, 5.41) is 10.0. The number of hydrogen-bond acceptors (Lipinski definition) is 3. The van der Waals surface area contributed by atoms with E-state index < -0.39 is 24.2 Å². The number of aryl methyl sites for hydroxylation is 1. The molecule has 2 unspecified atom stereocenters. The summed E-state index contributed by atoms with van der Waals surface area (Å²) in [6.07, 6.45) is -3.58. The number of nitrogens with zero attached hydrogens (tertiary/aromatic N) is 2. The number of amides is 1. The molecule has 0 radical (unpaired) electrons. The first-order valence-electron chi connectivity index (χ1n) is 9.26. The van der Waals surface area contributed by atoms with E-state index in [0.717, 1.165) is 16.4 Å². The summed E-state index contributed by atoms with van der Waals surface area (Å²) < 4.78 is 42.2. The van der Waals surface area contributed by atoms with Gasteiger partial charge >= 0.3 is 6.18 Å². The van der Waals surface area contributed by atoms with Crippen molar-refractivity contribution < 1.29 is 18.0 Å². The molecule has 2 N–H and O–H groups in total. The molecule has 3 aromatic rings. The van der Waals surface area contributed by atoms with Crippen molar-refractivity contribution in [2.24, 2.45) is 0 Å². The van der Waals surface area contributed by atoms with Crippen LogP contribution < -0.4 is 10.6 Å². The lowest BCUT2D eigenvalue weighted by Gasteiger charge is -2.34. The molecular weight excluding hydrogens is 417 g/mol. The molecule has 2 aromatic carbocycles. The molecule has 4 rings (SSSR count). The van der Waals surface area contributed by atoms with Gasteiger partial charge in [-0.25, -0.2) is 4.68 Å². The van der Waals surface area contributed by atoms with Gasteiger partial charge in [0, 0.05) is 17.1 Å². The largest absolute Gasteiger partial charge is 0.410 e. The SMILES string of the molecule is Cc1ccc(C2CC(C(F)(F)F)n3ncc(C(=O)Nc4cccc(Cl)c4)c3N2)cc1. The fourth-order valence-corrected chi connectivity index (χ4v) is 3.70. The lowest BCUT2D eigenvalue weighted by atomic mass is 9.96. The zero-order chi connectivity index (χ0) is 21.5. The third-order valence-corrected chi connectivity index (χ3v) is 5.28. The molecule has 1 amide bonds. The van der Waals surface area contributed by atoms with Crippen molar-refractivity contribution in [1.29, 1.82) is 0 Å². The number of anilines is 2. The summed E-state index contributed by atoms with van der Waals surface area (Å²) in [7, 11) is 0. The zero-order valence-corrected chi connectivity index (χ0v) is 16.6. The van der Waals surface area contributed by atoms with Gasteiger partial charge < -0.3 is 10.6 Å². The molecule has 0 saturated carbocycles. The standard InChI is InChI=1S/C21H18ClF3N4O/c1-12-5-7-13(8-6-12)17-10-18(21(23,24)25)29-19(28-17)16(11-26-29)20(30)27-15-4-2-3-14(22)9-15/h2-9,11,17-18,28H,10H2,1H3,(H,27,30). The summed E-state index contributed by atoms with van der Waals surface area (Å²) >= 11 is 5.93. The van der Waals surface area contributed by atoms with Gasteiger partial charge in [0.2, 0.25) is 0 Å². The number of aromatic nitrogens is 2. The Morgan fingerprint density at radius 2 is 1.97 bits per heavy atom. The van der Waals surface area contributed by atoms with Gasteiger partial charge in [0.1, 0.15) is 11.4 Å². The van der Waals surface area contributed by atoms with Crippen LogP contribution in [0.2, 0.25) is 5.02 Å². The molecule has 2 heterocycles. The van der Waals surface area contributed by atoms with Crippen molar-refractivity contribution in [1.82, 2.24) is 9.78 Å². The van der Waals surface area contributed by atoms with Crippen LogP contribution in [0, 0.1) is 6.92 Å². The minimum Gasteiger partial charge on any atom is -0.363 e. The number of halogens is 4. The van der Waals surface area contributed by atoms with E-state index >= 15 is 0 Å². The highest BCUT2D eigenvalue weighted by Gasteiger charge is 2.47. The molecule has 1 aliphatic rings. The molecule has 0 fully saturated rings. The fraction of sp³-hybridized carbons (Fsp3) is 0.238. The second-order valence-electron chi connectivity index (χ2n) is 7.22. The van der Waals surface area contributed by atoms with Crippen LogP contribution in [0.5, 0.6) is 0 Å². The average molecular weight is 435 g/mol. The third-order valence-electron chi connectivity index (χ3n) is 5.05.